The lowest BCUT2D eigenvalue weighted by Gasteiger charge is -2.20. The average Bonchev–Trinajstić information content (AvgIpc) is 2.62. The van der Waals surface area contributed by atoms with Crippen LogP contribution in [-0.2, 0) is 14.8 Å². The SMILES string of the molecule is C#CCNC(=O)C(CCSC)NS(=O)(=O)c1ccc2c(c1)OCCO2. The van der Waals surface area contributed by atoms with Crippen molar-refractivity contribution >= 4 is 27.7 Å². The molecule has 7 nitrogen and oxygen atoms in total. The van der Waals surface area contributed by atoms with Crippen molar-refractivity contribution in [2.45, 2.75) is 17.4 Å². The number of thioether (sulfide) groups is 1. The Hall–Kier alpha value is -1.89. The average molecular weight is 384 g/mol. The maximum Gasteiger partial charge on any atom is 0.241 e. The van der Waals surface area contributed by atoms with Crippen molar-refractivity contribution in [3.63, 3.8) is 0 Å². The highest BCUT2D eigenvalue weighted by molar-refractivity contribution is 7.98. The molecule has 136 valence electrons. The van der Waals surface area contributed by atoms with E-state index in [1.807, 2.05) is 6.26 Å². The standard InChI is InChI=1S/C16H20N2O5S2/c1-3-7-17-16(19)13(6-10-24-2)18-25(20,21)12-4-5-14-15(11-12)23-9-8-22-14/h1,4-5,11,13,18H,6-10H2,2H3,(H,17,19). The van der Waals surface area contributed by atoms with Gasteiger partial charge in [-0.1, -0.05) is 5.92 Å². The van der Waals surface area contributed by atoms with Gasteiger partial charge in [-0.3, -0.25) is 4.79 Å². The molecule has 0 saturated heterocycles. The molecule has 1 heterocycles. The number of terminal acetylenes is 1. The lowest BCUT2D eigenvalue weighted by Crippen LogP contribution is -2.47. The molecule has 1 amide bonds. The van der Waals surface area contributed by atoms with E-state index in [-0.39, 0.29) is 11.4 Å². The van der Waals surface area contributed by atoms with Gasteiger partial charge >= 0.3 is 0 Å². The first kappa shape index (κ1) is 19.4. The summed E-state index contributed by atoms with van der Waals surface area (Å²) in [6.07, 6.45) is 7.36. The Morgan fingerprint density at radius 1 is 1.36 bits per heavy atom. The molecule has 9 heteroatoms. The molecule has 0 spiro atoms. The van der Waals surface area contributed by atoms with Crippen LogP contribution >= 0.6 is 11.8 Å². The van der Waals surface area contributed by atoms with Crippen molar-refractivity contribution in [1.29, 1.82) is 0 Å². The van der Waals surface area contributed by atoms with Crippen molar-refractivity contribution in [2.75, 3.05) is 31.8 Å². The smallest absolute Gasteiger partial charge is 0.241 e. The number of carbonyl (C=O) groups is 1. The van der Waals surface area contributed by atoms with Crippen molar-refractivity contribution in [2.24, 2.45) is 0 Å². The first-order chi connectivity index (χ1) is 12.0. The number of sulfonamides is 1. The molecule has 1 atom stereocenters. The lowest BCUT2D eigenvalue weighted by atomic mass is 10.2. The molecule has 0 aromatic heterocycles. The fourth-order valence-electron chi connectivity index (χ4n) is 2.19. The first-order valence-corrected chi connectivity index (χ1v) is 10.5. The van der Waals surface area contributed by atoms with Gasteiger partial charge in [0.15, 0.2) is 11.5 Å². The Bertz CT molecular complexity index is 758. The Labute approximate surface area is 151 Å². The Morgan fingerprint density at radius 3 is 2.76 bits per heavy atom. The Kier molecular flexibility index (Phi) is 6.99. The van der Waals surface area contributed by atoms with Crippen molar-refractivity contribution in [1.82, 2.24) is 10.0 Å². The highest BCUT2D eigenvalue weighted by Crippen LogP contribution is 2.32. The van der Waals surface area contributed by atoms with Crippen molar-refractivity contribution < 1.29 is 22.7 Å². The van der Waals surface area contributed by atoms with Gasteiger partial charge in [-0.15, -0.1) is 6.42 Å². The maximum absolute atomic E-state index is 12.6. The zero-order valence-corrected chi connectivity index (χ0v) is 15.4. The van der Waals surface area contributed by atoms with Gasteiger partial charge in [-0.05, 0) is 30.6 Å². The zero-order chi connectivity index (χ0) is 18.3. The normalized spacial score (nSPS) is 14.4. The van der Waals surface area contributed by atoms with E-state index in [9.17, 15) is 13.2 Å². The van der Waals surface area contributed by atoms with Gasteiger partial charge < -0.3 is 14.8 Å². The van der Waals surface area contributed by atoms with Gasteiger partial charge in [0.05, 0.1) is 11.4 Å². The molecule has 1 aliphatic heterocycles. The highest BCUT2D eigenvalue weighted by Gasteiger charge is 2.26. The van der Waals surface area contributed by atoms with E-state index in [4.69, 9.17) is 15.9 Å². The second kappa shape index (κ2) is 8.99. The Morgan fingerprint density at radius 2 is 2.08 bits per heavy atom. The third-order valence-corrected chi connectivity index (χ3v) is 5.53. The molecular formula is C16H20N2O5S2. The number of benzene rings is 1. The predicted octanol–water partition coefficient (Wildman–Crippen LogP) is 0.607. The third kappa shape index (κ3) is 5.29. The number of hydrogen-bond donors (Lipinski definition) is 2. The topological polar surface area (TPSA) is 93.7 Å². The summed E-state index contributed by atoms with van der Waals surface area (Å²) in [5.74, 6) is 3.33. The maximum atomic E-state index is 12.6. The number of hydrogen-bond acceptors (Lipinski definition) is 6. The molecule has 0 fully saturated rings. The summed E-state index contributed by atoms with van der Waals surface area (Å²) in [5.41, 5.74) is 0. The van der Waals surface area contributed by atoms with Crippen LogP contribution in [0.4, 0.5) is 0 Å². The molecular weight excluding hydrogens is 364 g/mol. The number of rotatable bonds is 8. The van der Waals surface area contributed by atoms with Gasteiger partial charge in [0.25, 0.3) is 0 Å². The molecule has 2 N–H and O–H groups in total. The summed E-state index contributed by atoms with van der Waals surface area (Å²) in [7, 11) is -3.90. The van der Waals surface area contributed by atoms with Crippen molar-refractivity contribution in [3.8, 4) is 23.8 Å². The number of ether oxygens (including phenoxy) is 2. The van der Waals surface area contributed by atoms with Crippen LogP contribution in [0.2, 0.25) is 0 Å². The number of fused-ring (bicyclic) bond motifs is 1. The number of nitrogens with one attached hydrogen (secondary N) is 2. The van der Waals surface area contributed by atoms with E-state index >= 15 is 0 Å². The quantitative estimate of drug-likeness (QED) is 0.638. The molecule has 2 rings (SSSR count). The fourth-order valence-corrected chi connectivity index (χ4v) is 3.90. The second-order valence-corrected chi connectivity index (χ2v) is 7.88. The van der Waals surface area contributed by atoms with Crippen LogP contribution in [0, 0.1) is 12.3 Å². The van der Waals surface area contributed by atoms with Crippen LogP contribution in [0.25, 0.3) is 0 Å². The van der Waals surface area contributed by atoms with Crippen LogP contribution < -0.4 is 19.5 Å². The largest absolute Gasteiger partial charge is 0.486 e. The summed E-state index contributed by atoms with van der Waals surface area (Å²) < 4.78 is 38.5. The molecule has 1 unspecified atom stereocenters. The van der Waals surface area contributed by atoms with Gasteiger partial charge in [0, 0.05) is 6.07 Å². The van der Waals surface area contributed by atoms with Crippen LogP contribution in [0.15, 0.2) is 23.1 Å². The van der Waals surface area contributed by atoms with Gasteiger partial charge in [0.1, 0.15) is 19.3 Å². The monoisotopic (exact) mass is 384 g/mol. The van der Waals surface area contributed by atoms with E-state index in [0.29, 0.717) is 36.9 Å². The predicted molar refractivity (Wildman–Crippen MR) is 96.4 cm³/mol. The minimum absolute atomic E-state index is 0.00986. The molecule has 1 aromatic carbocycles. The first-order valence-electron chi connectivity index (χ1n) is 7.60. The minimum atomic E-state index is -3.90. The minimum Gasteiger partial charge on any atom is -0.486 e. The molecule has 1 aromatic rings. The van der Waals surface area contributed by atoms with Crippen LogP contribution in [0.1, 0.15) is 6.42 Å². The van der Waals surface area contributed by atoms with E-state index in [1.54, 1.807) is 6.07 Å². The van der Waals surface area contributed by atoms with Crippen LogP contribution in [-0.4, -0.2) is 52.1 Å². The Balaban J connectivity index is 2.18. The van der Waals surface area contributed by atoms with Gasteiger partial charge in [-0.25, -0.2) is 8.42 Å². The molecule has 25 heavy (non-hydrogen) atoms. The molecule has 0 saturated carbocycles. The fraction of sp³-hybridized carbons (Fsp3) is 0.438. The highest BCUT2D eigenvalue weighted by atomic mass is 32.2. The van der Waals surface area contributed by atoms with Gasteiger partial charge in [-0.2, -0.15) is 16.5 Å². The summed E-state index contributed by atoms with van der Waals surface area (Å²) in [5, 5.41) is 2.51. The van der Waals surface area contributed by atoms with Crippen LogP contribution in [0.5, 0.6) is 11.5 Å². The van der Waals surface area contributed by atoms with Crippen molar-refractivity contribution in [3.05, 3.63) is 18.2 Å². The number of amides is 1. The summed E-state index contributed by atoms with van der Waals surface area (Å²) >= 11 is 1.52. The van der Waals surface area contributed by atoms with E-state index in [1.165, 1.54) is 23.9 Å². The van der Waals surface area contributed by atoms with Gasteiger partial charge in [0.2, 0.25) is 15.9 Å². The molecule has 0 radical (unpaired) electrons. The van der Waals surface area contributed by atoms with E-state index in [0.717, 1.165) is 0 Å². The number of carbonyl (C=O) groups excluding carboxylic acids is 1. The van der Waals surface area contributed by atoms with Crippen LogP contribution in [0.3, 0.4) is 0 Å². The zero-order valence-electron chi connectivity index (χ0n) is 13.8. The van der Waals surface area contributed by atoms with E-state index in [2.05, 4.69) is 16.0 Å². The summed E-state index contributed by atoms with van der Waals surface area (Å²) in [4.78, 5) is 12.2. The third-order valence-electron chi connectivity index (χ3n) is 3.41. The second-order valence-electron chi connectivity index (χ2n) is 5.18. The molecule has 1 aliphatic rings. The summed E-state index contributed by atoms with van der Waals surface area (Å²) in [6, 6.07) is 3.44. The summed E-state index contributed by atoms with van der Waals surface area (Å²) in [6.45, 7) is 0.818. The molecule has 0 bridgehead atoms. The van der Waals surface area contributed by atoms with E-state index < -0.39 is 22.0 Å². The molecule has 0 aliphatic carbocycles. The lowest BCUT2D eigenvalue weighted by molar-refractivity contribution is -0.122.